The van der Waals surface area contributed by atoms with Crippen molar-refractivity contribution in [3.05, 3.63) is 66.7 Å². The Hall–Kier alpha value is -2.94. The summed E-state index contributed by atoms with van der Waals surface area (Å²) >= 11 is 0.896. The number of hydrogen-bond acceptors (Lipinski definition) is 7. The third kappa shape index (κ3) is 2.61. The van der Waals surface area contributed by atoms with Gasteiger partial charge in [-0.3, -0.25) is 20.2 Å². The molecule has 0 saturated heterocycles. The summed E-state index contributed by atoms with van der Waals surface area (Å²) in [5.41, 5.74) is 0.705. The monoisotopic (exact) mass is 334 g/mol. The number of nitro groups is 2. The smallest absolute Gasteiger partial charge is 0.324 e. The molecule has 0 saturated carbocycles. The molecule has 1 aliphatic rings. The summed E-state index contributed by atoms with van der Waals surface area (Å²) in [6.45, 7) is 0. The molecule has 23 heavy (non-hydrogen) atoms. The second-order valence-corrected chi connectivity index (χ2v) is 5.57. The minimum Gasteiger partial charge on any atom is -0.493 e. The molecule has 0 amide bonds. The lowest BCUT2D eigenvalue weighted by molar-refractivity contribution is -0.434. The first kappa shape index (κ1) is 15.0. The van der Waals surface area contributed by atoms with E-state index in [1.807, 2.05) is 0 Å². The normalized spacial score (nSPS) is 16.0. The van der Waals surface area contributed by atoms with E-state index in [4.69, 9.17) is 9.47 Å². The highest BCUT2D eigenvalue weighted by Crippen LogP contribution is 2.44. The van der Waals surface area contributed by atoms with Crippen molar-refractivity contribution in [2.45, 2.75) is 6.10 Å². The summed E-state index contributed by atoms with van der Waals surface area (Å²) in [7, 11) is 1.47. The van der Waals surface area contributed by atoms with Gasteiger partial charge < -0.3 is 9.47 Å². The summed E-state index contributed by atoms with van der Waals surface area (Å²) in [5, 5.41) is 23.5. The molecular formula is C14H10N2O6S. The zero-order chi connectivity index (χ0) is 16.6. The van der Waals surface area contributed by atoms with Gasteiger partial charge in [-0.25, -0.2) is 0 Å². The zero-order valence-electron chi connectivity index (χ0n) is 11.8. The summed E-state index contributed by atoms with van der Waals surface area (Å²) in [6.07, 6.45) is 0.369. The highest BCUT2D eigenvalue weighted by molar-refractivity contribution is 7.13. The van der Waals surface area contributed by atoms with Gasteiger partial charge in [-0.15, -0.1) is 0 Å². The average molecular weight is 334 g/mol. The fourth-order valence-corrected chi connectivity index (χ4v) is 3.04. The number of ether oxygens (including phenoxy) is 2. The number of thiophene rings is 1. The molecule has 1 aromatic heterocycles. The SMILES string of the molecule is COc1cccc2c1OC(c1csc([N+](=O)[O-])c1)C([N+](=O)[O-])=C2. The molecule has 9 heteroatoms. The Bertz CT molecular complexity index is 828. The topological polar surface area (TPSA) is 105 Å². The number of para-hydroxylation sites is 1. The highest BCUT2D eigenvalue weighted by atomic mass is 32.1. The Balaban J connectivity index is 2.09. The molecular weight excluding hydrogens is 324 g/mol. The summed E-state index contributed by atoms with van der Waals surface area (Å²) < 4.78 is 11.0. The van der Waals surface area contributed by atoms with E-state index in [9.17, 15) is 20.2 Å². The second kappa shape index (κ2) is 5.69. The van der Waals surface area contributed by atoms with Crippen LogP contribution in [-0.2, 0) is 0 Å². The molecule has 2 heterocycles. The van der Waals surface area contributed by atoms with Crippen molar-refractivity contribution >= 4 is 22.4 Å². The maximum atomic E-state index is 11.3. The van der Waals surface area contributed by atoms with Gasteiger partial charge in [0.15, 0.2) is 11.5 Å². The van der Waals surface area contributed by atoms with E-state index in [1.54, 1.807) is 18.2 Å². The van der Waals surface area contributed by atoms with Crippen molar-refractivity contribution in [2.24, 2.45) is 0 Å². The van der Waals surface area contributed by atoms with E-state index in [0.29, 0.717) is 22.6 Å². The Morgan fingerprint density at radius 1 is 1.26 bits per heavy atom. The molecule has 0 fully saturated rings. The van der Waals surface area contributed by atoms with Gasteiger partial charge in [0, 0.05) is 28.6 Å². The maximum Gasteiger partial charge on any atom is 0.324 e. The predicted octanol–water partition coefficient (Wildman–Crippen LogP) is 3.42. The van der Waals surface area contributed by atoms with Gasteiger partial charge in [0.25, 0.3) is 5.70 Å². The lowest BCUT2D eigenvalue weighted by atomic mass is 10.0. The van der Waals surface area contributed by atoms with Crippen LogP contribution in [0.25, 0.3) is 6.08 Å². The Morgan fingerprint density at radius 2 is 2.04 bits per heavy atom. The number of nitrogens with zero attached hydrogens (tertiary/aromatic N) is 2. The largest absolute Gasteiger partial charge is 0.493 e. The molecule has 0 N–H and O–H groups in total. The van der Waals surface area contributed by atoms with Gasteiger partial charge in [-0.05, 0) is 6.07 Å². The predicted molar refractivity (Wildman–Crippen MR) is 82.3 cm³/mol. The van der Waals surface area contributed by atoms with E-state index < -0.39 is 16.0 Å². The Morgan fingerprint density at radius 3 is 2.65 bits per heavy atom. The van der Waals surface area contributed by atoms with Gasteiger partial charge in [-0.1, -0.05) is 23.5 Å². The molecule has 3 rings (SSSR count). The molecule has 8 nitrogen and oxygen atoms in total. The highest BCUT2D eigenvalue weighted by Gasteiger charge is 2.36. The third-order valence-electron chi connectivity index (χ3n) is 3.34. The van der Waals surface area contributed by atoms with Crippen molar-refractivity contribution in [1.82, 2.24) is 0 Å². The zero-order valence-corrected chi connectivity index (χ0v) is 12.6. The number of benzene rings is 1. The van der Waals surface area contributed by atoms with Crippen LogP contribution in [0.4, 0.5) is 5.00 Å². The van der Waals surface area contributed by atoms with Crippen molar-refractivity contribution in [1.29, 1.82) is 0 Å². The minimum absolute atomic E-state index is 0.0999. The Kier molecular flexibility index (Phi) is 3.70. The van der Waals surface area contributed by atoms with Gasteiger partial charge in [0.2, 0.25) is 6.10 Å². The lowest BCUT2D eigenvalue weighted by Crippen LogP contribution is -2.19. The molecule has 1 aliphatic heterocycles. The van der Waals surface area contributed by atoms with Crippen LogP contribution in [0.1, 0.15) is 17.2 Å². The van der Waals surface area contributed by atoms with E-state index in [0.717, 1.165) is 11.3 Å². The second-order valence-electron chi connectivity index (χ2n) is 4.68. The molecule has 1 aromatic carbocycles. The number of rotatable bonds is 4. The molecule has 118 valence electrons. The first-order valence-corrected chi connectivity index (χ1v) is 7.31. The quantitative estimate of drug-likeness (QED) is 0.626. The summed E-state index contributed by atoms with van der Waals surface area (Å²) in [5.74, 6) is 0.815. The number of methoxy groups -OCH3 is 1. The van der Waals surface area contributed by atoms with E-state index in [-0.39, 0.29) is 10.7 Å². The summed E-state index contributed by atoms with van der Waals surface area (Å²) in [6, 6.07) is 6.34. The number of fused-ring (bicyclic) bond motifs is 1. The van der Waals surface area contributed by atoms with Crippen LogP contribution in [0.15, 0.2) is 35.3 Å². The van der Waals surface area contributed by atoms with Crippen molar-refractivity contribution in [2.75, 3.05) is 7.11 Å². The van der Waals surface area contributed by atoms with Gasteiger partial charge in [0.05, 0.1) is 17.0 Å². The fourth-order valence-electron chi connectivity index (χ4n) is 2.31. The molecule has 1 atom stereocenters. The van der Waals surface area contributed by atoms with Gasteiger partial charge in [0.1, 0.15) is 0 Å². The van der Waals surface area contributed by atoms with Crippen LogP contribution in [-0.4, -0.2) is 17.0 Å². The fraction of sp³-hybridized carbons (Fsp3) is 0.143. The molecule has 2 aromatic rings. The van der Waals surface area contributed by atoms with Crippen LogP contribution in [0.5, 0.6) is 11.5 Å². The van der Waals surface area contributed by atoms with Crippen LogP contribution in [0, 0.1) is 20.2 Å². The first-order valence-electron chi connectivity index (χ1n) is 6.43. The van der Waals surface area contributed by atoms with Gasteiger partial charge >= 0.3 is 5.00 Å². The van der Waals surface area contributed by atoms with E-state index >= 15 is 0 Å². The molecule has 0 bridgehead atoms. The molecule has 1 unspecified atom stereocenters. The van der Waals surface area contributed by atoms with Crippen LogP contribution in [0.2, 0.25) is 0 Å². The standard InChI is InChI=1S/C14H10N2O6S/c1-21-11-4-2-3-8-5-10(15(17)18)13(22-14(8)11)9-6-12(16(19)20)23-7-9/h2-7,13H,1H3. The molecule has 0 radical (unpaired) electrons. The van der Waals surface area contributed by atoms with Crippen LogP contribution < -0.4 is 9.47 Å². The maximum absolute atomic E-state index is 11.3. The third-order valence-corrected chi connectivity index (χ3v) is 4.23. The molecule has 0 spiro atoms. The summed E-state index contributed by atoms with van der Waals surface area (Å²) in [4.78, 5) is 21.1. The lowest BCUT2D eigenvalue weighted by Gasteiger charge is -2.23. The van der Waals surface area contributed by atoms with Crippen LogP contribution >= 0.6 is 11.3 Å². The van der Waals surface area contributed by atoms with Crippen LogP contribution in [0.3, 0.4) is 0 Å². The average Bonchev–Trinajstić information content (AvgIpc) is 3.03. The van der Waals surface area contributed by atoms with E-state index in [2.05, 4.69) is 0 Å². The molecule has 0 aliphatic carbocycles. The van der Waals surface area contributed by atoms with Crippen molar-refractivity contribution in [3.8, 4) is 11.5 Å². The van der Waals surface area contributed by atoms with Crippen molar-refractivity contribution in [3.63, 3.8) is 0 Å². The number of hydrogen-bond donors (Lipinski definition) is 0. The van der Waals surface area contributed by atoms with Gasteiger partial charge in [-0.2, -0.15) is 0 Å². The minimum atomic E-state index is -1.03. The Labute approximate surface area is 133 Å². The first-order chi connectivity index (χ1) is 11.0. The van der Waals surface area contributed by atoms with Crippen molar-refractivity contribution < 1.29 is 19.3 Å². The van der Waals surface area contributed by atoms with E-state index in [1.165, 1.54) is 24.6 Å².